The number of thioether (sulfide) groups is 1. The summed E-state index contributed by atoms with van der Waals surface area (Å²) in [6.07, 6.45) is 0.566. The maximum Gasteiger partial charge on any atom is 0.243 e. The van der Waals surface area contributed by atoms with Crippen molar-refractivity contribution in [2.75, 3.05) is 5.75 Å². The maximum atomic E-state index is 13.3. The molecule has 168 valence electrons. The Hall–Kier alpha value is -1.79. The monoisotopic (exact) mass is 504 g/mol. The topological polar surface area (TPSA) is 49.4 Å². The van der Waals surface area contributed by atoms with Gasteiger partial charge in [-0.25, -0.2) is 0 Å². The number of aryl methyl sites for hydroxylation is 1. The van der Waals surface area contributed by atoms with Crippen molar-refractivity contribution in [2.45, 2.75) is 64.9 Å². The lowest BCUT2D eigenvalue weighted by molar-refractivity contribution is -0.140. The Morgan fingerprint density at radius 2 is 1.77 bits per heavy atom. The first kappa shape index (κ1) is 25.5. The zero-order chi connectivity index (χ0) is 23.0. The number of hydrogen-bond acceptors (Lipinski definition) is 3. The molecule has 0 aliphatic carbocycles. The van der Waals surface area contributed by atoms with Crippen LogP contribution in [0, 0.1) is 6.92 Å². The third kappa shape index (κ3) is 8.69. The number of amides is 2. The highest BCUT2D eigenvalue weighted by atomic mass is 79.9. The Kier molecular flexibility index (Phi) is 9.63. The van der Waals surface area contributed by atoms with Gasteiger partial charge in [-0.15, -0.1) is 11.8 Å². The predicted molar refractivity (Wildman–Crippen MR) is 134 cm³/mol. The summed E-state index contributed by atoms with van der Waals surface area (Å²) in [5, 5.41) is 3.05. The molecule has 0 bridgehead atoms. The van der Waals surface area contributed by atoms with E-state index in [9.17, 15) is 9.59 Å². The number of halogens is 1. The summed E-state index contributed by atoms with van der Waals surface area (Å²) in [5.41, 5.74) is 3.00. The van der Waals surface area contributed by atoms with E-state index in [0.717, 1.165) is 21.4 Å². The normalized spacial score (nSPS) is 12.3. The fourth-order valence-electron chi connectivity index (χ4n) is 3.30. The van der Waals surface area contributed by atoms with Gasteiger partial charge < -0.3 is 10.2 Å². The number of rotatable bonds is 9. The van der Waals surface area contributed by atoms with Crippen molar-refractivity contribution in [1.29, 1.82) is 0 Å². The highest BCUT2D eigenvalue weighted by molar-refractivity contribution is 9.10. The van der Waals surface area contributed by atoms with Crippen molar-refractivity contribution < 1.29 is 9.59 Å². The van der Waals surface area contributed by atoms with Crippen LogP contribution < -0.4 is 5.32 Å². The minimum atomic E-state index is -0.500. The zero-order valence-corrected chi connectivity index (χ0v) is 21.5. The summed E-state index contributed by atoms with van der Waals surface area (Å²) in [6, 6.07) is 15.7. The van der Waals surface area contributed by atoms with Gasteiger partial charge in [0.15, 0.2) is 0 Å². The van der Waals surface area contributed by atoms with Gasteiger partial charge in [0.2, 0.25) is 11.8 Å². The van der Waals surface area contributed by atoms with Crippen LogP contribution in [0.25, 0.3) is 0 Å². The largest absolute Gasteiger partial charge is 0.350 e. The van der Waals surface area contributed by atoms with E-state index in [0.29, 0.717) is 18.7 Å². The first-order valence-corrected chi connectivity index (χ1v) is 12.5. The molecule has 0 radical (unpaired) electrons. The molecule has 0 unspecified atom stereocenters. The van der Waals surface area contributed by atoms with Gasteiger partial charge in [0.25, 0.3) is 0 Å². The summed E-state index contributed by atoms with van der Waals surface area (Å²) >= 11 is 5.02. The minimum Gasteiger partial charge on any atom is -0.350 e. The lowest BCUT2D eigenvalue weighted by atomic mass is 10.1. The lowest BCUT2D eigenvalue weighted by Crippen LogP contribution is -2.53. The second-order valence-corrected chi connectivity index (χ2v) is 10.7. The van der Waals surface area contributed by atoms with E-state index in [1.165, 1.54) is 5.56 Å². The molecule has 0 saturated heterocycles. The first-order valence-electron chi connectivity index (χ1n) is 10.6. The Bertz CT molecular complexity index is 878. The molecule has 0 aromatic heterocycles. The Morgan fingerprint density at radius 3 is 2.35 bits per heavy atom. The molecule has 31 heavy (non-hydrogen) atoms. The Morgan fingerprint density at radius 1 is 1.10 bits per heavy atom. The summed E-state index contributed by atoms with van der Waals surface area (Å²) < 4.78 is 1.04. The van der Waals surface area contributed by atoms with Crippen LogP contribution in [0.2, 0.25) is 0 Å². The van der Waals surface area contributed by atoms with E-state index in [1.807, 2.05) is 65.0 Å². The van der Waals surface area contributed by atoms with Gasteiger partial charge in [-0.3, -0.25) is 9.59 Å². The molecule has 2 rings (SSSR count). The smallest absolute Gasteiger partial charge is 0.243 e. The quantitative estimate of drug-likeness (QED) is 0.475. The second-order valence-electron chi connectivity index (χ2n) is 8.79. The van der Waals surface area contributed by atoms with Crippen LogP contribution in [-0.2, 0) is 21.9 Å². The number of carbonyl (C=O) groups is 2. The van der Waals surface area contributed by atoms with Crippen LogP contribution in [0.3, 0.4) is 0 Å². The van der Waals surface area contributed by atoms with Crippen LogP contribution in [0.4, 0.5) is 0 Å². The number of carbonyl (C=O) groups excluding carboxylic acids is 2. The van der Waals surface area contributed by atoms with Crippen molar-refractivity contribution in [3.05, 3.63) is 69.7 Å². The second kappa shape index (κ2) is 11.7. The summed E-state index contributed by atoms with van der Waals surface area (Å²) in [5.74, 6) is 0.970. The maximum absolute atomic E-state index is 13.3. The molecule has 0 spiro atoms. The van der Waals surface area contributed by atoms with Gasteiger partial charge >= 0.3 is 0 Å². The van der Waals surface area contributed by atoms with Gasteiger partial charge in [-0.1, -0.05) is 64.8 Å². The average Bonchev–Trinajstić information content (AvgIpc) is 2.68. The summed E-state index contributed by atoms with van der Waals surface area (Å²) in [6.45, 7) is 10.3. The van der Waals surface area contributed by atoms with Gasteiger partial charge in [0.05, 0.1) is 5.75 Å². The third-order valence-corrected chi connectivity index (χ3v) is 6.24. The summed E-state index contributed by atoms with van der Waals surface area (Å²) in [4.78, 5) is 28.0. The highest BCUT2D eigenvalue weighted by Crippen LogP contribution is 2.19. The molecule has 1 atom stereocenters. The zero-order valence-electron chi connectivity index (χ0n) is 19.1. The molecule has 0 aliphatic heterocycles. The van der Waals surface area contributed by atoms with E-state index in [1.54, 1.807) is 16.7 Å². The molecule has 0 aliphatic rings. The van der Waals surface area contributed by atoms with E-state index >= 15 is 0 Å². The van der Waals surface area contributed by atoms with Crippen molar-refractivity contribution in [3.63, 3.8) is 0 Å². The fraction of sp³-hybridized carbons (Fsp3) is 0.440. The molecule has 4 nitrogen and oxygen atoms in total. The molecular formula is C25H33BrN2O2S. The van der Waals surface area contributed by atoms with Crippen molar-refractivity contribution in [3.8, 4) is 0 Å². The molecule has 6 heteroatoms. The Labute approximate surface area is 199 Å². The predicted octanol–water partition coefficient (Wildman–Crippen LogP) is 5.71. The molecule has 1 N–H and O–H groups in total. The molecule has 2 amide bonds. The van der Waals surface area contributed by atoms with Crippen LogP contribution in [0.1, 0.15) is 50.8 Å². The van der Waals surface area contributed by atoms with Crippen molar-refractivity contribution in [1.82, 2.24) is 10.2 Å². The molecule has 2 aromatic carbocycles. The third-order valence-electron chi connectivity index (χ3n) is 4.73. The lowest BCUT2D eigenvalue weighted by Gasteiger charge is -2.33. The van der Waals surface area contributed by atoms with Crippen LogP contribution in [0.5, 0.6) is 0 Å². The molecule has 2 aromatic rings. The van der Waals surface area contributed by atoms with Crippen LogP contribution in [-0.4, -0.2) is 34.0 Å². The average molecular weight is 506 g/mol. The molecule has 0 heterocycles. The Balaban J connectivity index is 2.15. The summed E-state index contributed by atoms with van der Waals surface area (Å²) in [7, 11) is 0. The highest BCUT2D eigenvalue weighted by Gasteiger charge is 2.30. The van der Waals surface area contributed by atoms with Gasteiger partial charge in [-0.2, -0.15) is 0 Å². The van der Waals surface area contributed by atoms with Crippen LogP contribution >= 0.6 is 27.7 Å². The van der Waals surface area contributed by atoms with Crippen molar-refractivity contribution >= 4 is 39.5 Å². The number of hydrogen-bond donors (Lipinski definition) is 1. The van der Waals surface area contributed by atoms with E-state index in [2.05, 4.69) is 39.4 Å². The van der Waals surface area contributed by atoms with Crippen molar-refractivity contribution in [2.24, 2.45) is 0 Å². The number of benzene rings is 2. The van der Waals surface area contributed by atoms with Gasteiger partial charge in [-0.05, 0) is 57.4 Å². The minimum absolute atomic E-state index is 0.0143. The van der Waals surface area contributed by atoms with E-state index in [4.69, 9.17) is 0 Å². The van der Waals surface area contributed by atoms with E-state index < -0.39 is 6.04 Å². The SMILES string of the molecule is CC[C@@H](C(=O)NC(C)(C)C)N(Cc1cccc(C)c1)C(=O)CSCc1ccc(Br)cc1. The molecule has 0 saturated carbocycles. The standard InChI is InChI=1S/C25H33BrN2O2S/c1-6-22(24(30)27-25(3,4)5)28(15-20-9-7-8-18(2)14-20)23(29)17-31-16-19-10-12-21(26)13-11-19/h7-14,22H,6,15-17H2,1-5H3,(H,27,30)/t22-/m0/s1. The first-order chi connectivity index (χ1) is 14.6. The number of nitrogens with zero attached hydrogens (tertiary/aromatic N) is 1. The number of nitrogens with one attached hydrogen (secondary N) is 1. The van der Waals surface area contributed by atoms with E-state index in [-0.39, 0.29) is 17.4 Å². The fourth-order valence-corrected chi connectivity index (χ4v) is 4.43. The molecule has 0 fully saturated rings. The van der Waals surface area contributed by atoms with Gasteiger partial charge in [0, 0.05) is 22.3 Å². The van der Waals surface area contributed by atoms with Crippen LogP contribution in [0.15, 0.2) is 53.0 Å². The molecular weight excluding hydrogens is 472 g/mol. The van der Waals surface area contributed by atoms with Gasteiger partial charge in [0.1, 0.15) is 6.04 Å².